The normalized spacial score (nSPS) is 11.5. The summed E-state index contributed by atoms with van der Waals surface area (Å²) >= 11 is 0. The zero-order valence-electron chi connectivity index (χ0n) is 8.41. The predicted molar refractivity (Wildman–Crippen MR) is 49.4 cm³/mol. The van der Waals surface area contributed by atoms with E-state index >= 15 is 0 Å². The third kappa shape index (κ3) is 7.29. The first kappa shape index (κ1) is 13.2. The van der Waals surface area contributed by atoms with E-state index in [1.807, 2.05) is 0 Å². The van der Waals surface area contributed by atoms with E-state index in [4.69, 9.17) is 5.73 Å². The largest absolute Gasteiger partial charge is 0.548 e. The maximum atomic E-state index is 10.6. The van der Waals surface area contributed by atoms with Crippen LogP contribution in [-0.2, 0) is 9.59 Å². The lowest BCUT2D eigenvalue weighted by molar-refractivity contribution is -0.308. The third-order valence-corrected chi connectivity index (χ3v) is 1.63. The number of amides is 3. The van der Waals surface area contributed by atoms with Crippen molar-refractivity contribution in [2.45, 2.75) is 25.8 Å². The number of hydrogen-bond acceptors (Lipinski definition) is 4. The van der Waals surface area contributed by atoms with Gasteiger partial charge in [0.1, 0.15) is 0 Å². The fourth-order valence-electron chi connectivity index (χ4n) is 1.01. The van der Waals surface area contributed by atoms with Crippen molar-refractivity contribution in [3.63, 3.8) is 0 Å². The molecular formula is C8H14N3O4-. The summed E-state index contributed by atoms with van der Waals surface area (Å²) in [5, 5.41) is 15.1. The lowest BCUT2D eigenvalue weighted by atomic mass is 10.1. The summed E-state index contributed by atoms with van der Waals surface area (Å²) in [4.78, 5) is 31.4. The molecule has 15 heavy (non-hydrogen) atoms. The molecule has 0 bridgehead atoms. The molecule has 0 rings (SSSR count). The average Bonchev–Trinajstić information content (AvgIpc) is 2.08. The predicted octanol–water partition coefficient (Wildman–Crippen LogP) is -2.31. The van der Waals surface area contributed by atoms with Crippen LogP contribution in [0.2, 0.25) is 0 Å². The summed E-state index contributed by atoms with van der Waals surface area (Å²) in [6.45, 7) is 1.48. The molecule has 0 spiro atoms. The Morgan fingerprint density at radius 2 is 2.00 bits per heavy atom. The Kier molecular flexibility index (Phi) is 5.84. The van der Waals surface area contributed by atoms with E-state index in [1.165, 1.54) is 6.92 Å². The molecule has 7 heteroatoms. The average molecular weight is 216 g/mol. The molecule has 0 fully saturated rings. The minimum atomic E-state index is -1.34. The molecule has 0 aromatic rings. The topological polar surface area (TPSA) is 124 Å². The number of carboxylic acid groups (broad SMARTS) is 1. The van der Waals surface area contributed by atoms with Crippen LogP contribution in [0.25, 0.3) is 0 Å². The summed E-state index contributed by atoms with van der Waals surface area (Å²) in [5.74, 6) is -1.78. The molecule has 7 nitrogen and oxygen atoms in total. The monoisotopic (exact) mass is 216 g/mol. The van der Waals surface area contributed by atoms with Gasteiger partial charge < -0.3 is 26.3 Å². The molecule has 86 valence electrons. The van der Waals surface area contributed by atoms with Gasteiger partial charge in [0, 0.05) is 13.5 Å². The first-order valence-corrected chi connectivity index (χ1v) is 4.44. The van der Waals surface area contributed by atoms with Gasteiger partial charge in [0.15, 0.2) is 0 Å². The fourth-order valence-corrected chi connectivity index (χ4v) is 1.01. The highest BCUT2D eigenvalue weighted by molar-refractivity contribution is 5.80. The Balaban J connectivity index is 3.81. The number of carbonyl (C=O) groups is 3. The van der Waals surface area contributed by atoms with Crippen molar-refractivity contribution in [3.05, 3.63) is 0 Å². The molecule has 0 aliphatic rings. The molecule has 1 atom stereocenters. The number of primary amides is 1. The molecule has 3 amide bonds. The van der Waals surface area contributed by atoms with Crippen LogP contribution in [-0.4, -0.2) is 30.5 Å². The minimum Gasteiger partial charge on any atom is -0.548 e. The number of urea groups is 1. The second-order valence-electron chi connectivity index (χ2n) is 3.01. The van der Waals surface area contributed by atoms with Crippen LogP contribution < -0.4 is 21.5 Å². The summed E-state index contributed by atoms with van der Waals surface area (Å²) in [5.41, 5.74) is 4.80. The highest BCUT2D eigenvalue weighted by Gasteiger charge is 2.10. The molecule has 0 saturated carbocycles. The van der Waals surface area contributed by atoms with Crippen molar-refractivity contribution in [1.29, 1.82) is 0 Å². The molecule has 0 aliphatic heterocycles. The summed E-state index contributed by atoms with van der Waals surface area (Å²) in [6, 6.07) is -1.70. The lowest BCUT2D eigenvalue weighted by Crippen LogP contribution is -2.47. The summed E-state index contributed by atoms with van der Waals surface area (Å²) in [7, 11) is 0. The zero-order valence-corrected chi connectivity index (χ0v) is 8.41. The van der Waals surface area contributed by atoms with Crippen LogP contribution >= 0.6 is 0 Å². The second-order valence-corrected chi connectivity index (χ2v) is 3.01. The van der Waals surface area contributed by atoms with Gasteiger partial charge in [-0.1, -0.05) is 0 Å². The van der Waals surface area contributed by atoms with Crippen LogP contribution in [0.4, 0.5) is 4.79 Å². The zero-order chi connectivity index (χ0) is 11.8. The van der Waals surface area contributed by atoms with Gasteiger partial charge in [0.25, 0.3) is 0 Å². The SMILES string of the molecule is CC(=O)N[C@@H](CCCNC(N)=O)C(=O)[O-]. The molecule has 0 radical (unpaired) electrons. The van der Waals surface area contributed by atoms with Crippen molar-refractivity contribution in [2.75, 3.05) is 6.54 Å². The first-order chi connectivity index (χ1) is 6.93. The lowest BCUT2D eigenvalue weighted by Gasteiger charge is -2.18. The molecule has 0 aromatic carbocycles. The van der Waals surface area contributed by atoms with Gasteiger partial charge in [-0.3, -0.25) is 4.79 Å². The molecule has 0 aromatic heterocycles. The van der Waals surface area contributed by atoms with Gasteiger partial charge in [0.2, 0.25) is 5.91 Å². The Morgan fingerprint density at radius 1 is 1.40 bits per heavy atom. The van der Waals surface area contributed by atoms with Crippen LogP contribution in [0.1, 0.15) is 19.8 Å². The maximum Gasteiger partial charge on any atom is 0.312 e. The number of carboxylic acids is 1. The summed E-state index contributed by atoms with van der Waals surface area (Å²) in [6.07, 6.45) is 0.573. The highest BCUT2D eigenvalue weighted by Crippen LogP contribution is 1.95. The standard InChI is InChI=1S/C8H15N3O4/c1-5(12)11-6(7(13)14)3-2-4-10-8(9)15/h6H,2-4H2,1H3,(H,11,12)(H,13,14)(H3,9,10,15)/p-1/t6-/m0/s1. The van der Waals surface area contributed by atoms with Gasteiger partial charge in [-0.05, 0) is 12.8 Å². The molecule has 0 unspecified atom stereocenters. The van der Waals surface area contributed by atoms with E-state index in [1.54, 1.807) is 0 Å². The number of hydrogen-bond donors (Lipinski definition) is 3. The third-order valence-electron chi connectivity index (χ3n) is 1.63. The molecule has 0 saturated heterocycles. The molecule has 0 heterocycles. The van der Waals surface area contributed by atoms with Gasteiger partial charge in [0.05, 0.1) is 12.0 Å². The van der Waals surface area contributed by atoms with Crippen molar-refractivity contribution in [1.82, 2.24) is 10.6 Å². The van der Waals surface area contributed by atoms with Gasteiger partial charge in [-0.25, -0.2) is 4.79 Å². The van der Waals surface area contributed by atoms with Crippen LogP contribution in [0.3, 0.4) is 0 Å². The Bertz CT molecular complexity index is 254. The van der Waals surface area contributed by atoms with Crippen molar-refractivity contribution in [2.24, 2.45) is 5.73 Å². The Labute approximate surface area is 87.0 Å². The molecule has 0 aliphatic carbocycles. The van der Waals surface area contributed by atoms with E-state index in [2.05, 4.69) is 10.6 Å². The maximum absolute atomic E-state index is 10.6. The van der Waals surface area contributed by atoms with Crippen LogP contribution in [0.15, 0.2) is 0 Å². The summed E-state index contributed by atoms with van der Waals surface area (Å²) < 4.78 is 0. The van der Waals surface area contributed by atoms with E-state index in [0.717, 1.165) is 0 Å². The van der Waals surface area contributed by atoms with Gasteiger partial charge >= 0.3 is 6.03 Å². The van der Waals surface area contributed by atoms with Gasteiger partial charge in [-0.15, -0.1) is 0 Å². The van der Waals surface area contributed by atoms with Crippen molar-refractivity contribution < 1.29 is 19.5 Å². The smallest absolute Gasteiger partial charge is 0.312 e. The van der Waals surface area contributed by atoms with E-state index in [-0.39, 0.29) is 13.0 Å². The van der Waals surface area contributed by atoms with Crippen molar-refractivity contribution >= 4 is 17.9 Å². The Hall–Kier alpha value is -1.79. The number of carbonyl (C=O) groups excluding carboxylic acids is 3. The van der Waals surface area contributed by atoms with Crippen LogP contribution in [0.5, 0.6) is 0 Å². The fraction of sp³-hybridized carbons (Fsp3) is 0.625. The Morgan fingerprint density at radius 3 is 2.40 bits per heavy atom. The van der Waals surface area contributed by atoms with Crippen molar-refractivity contribution in [3.8, 4) is 0 Å². The van der Waals surface area contributed by atoms with E-state index in [9.17, 15) is 19.5 Å². The number of aliphatic carboxylic acids is 1. The van der Waals surface area contributed by atoms with E-state index in [0.29, 0.717) is 6.42 Å². The number of rotatable bonds is 6. The molecule has 4 N–H and O–H groups in total. The number of nitrogens with two attached hydrogens (primary N) is 1. The minimum absolute atomic E-state index is 0.183. The number of nitrogens with one attached hydrogen (secondary N) is 2. The van der Waals surface area contributed by atoms with E-state index < -0.39 is 23.9 Å². The quantitative estimate of drug-likeness (QED) is 0.431. The highest BCUT2D eigenvalue weighted by atomic mass is 16.4. The van der Waals surface area contributed by atoms with Crippen LogP contribution in [0, 0.1) is 0 Å². The van der Waals surface area contributed by atoms with Gasteiger partial charge in [-0.2, -0.15) is 0 Å². The molecular weight excluding hydrogens is 202 g/mol. The first-order valence-electron chi connectivity index (χ1n) is 4.44. The second kappa shape index (κ2) is 6.63.